The van der Waals surface area contributed by atoms with Crippen LogP contribution in [0.1, 0.15) is 16.7 Å². The van der Waals surface area contributed by atoms with Crippen molar-refractivity contribution in [1.82, 2.24) is 19.1 Å². The zero-order chi connectivity index (χ0) is 22.1. The van der Waals surface area contributed by atoms with Crippen LogP contribution in [0.4, 0.5) is 10.3 Å². The predicted molar refractivity (Wildman–Crippen MR) is 119 cm³/mol. The highest BCUT2D eigenvalue weighted by Gasteiger charge is 2.18. The first-order chi connectivity index (χ1) is 14.9. The molecule has 4 aromatic rings. The fraction of sp³-hybridized carbons (Fsp3) is 0.143. The molecule has 0 atom stereocenters. The van der Waals surface area contributed by atoms with Crippen LogP contribution in [0.5, 0.6) is 0 Å². The molecular weight excluding hydrogens is 423 g/mol. The Hall–Kier alpha value is -3.72. The zero-order valence-electron chi connectivity index (χ0n) is 16.7. The van der Waals surface area contributed by atoms with E-state index in [0.29, 0.717) is 6.54 Å². The van der Waals surface area contributed by atoms with Gasteiger partial charge in [-0.3, -0.25) is 18.9 Å². The Morgan fingerprint density at radius 3 is 2.74 bits per heavy atom. The van der Waals surface area contributed by atoms with Gasteiger partial charge in [-0.15, -0.1) is 0 Å². The minimum atomic E-state index is -0.578. The topological polar surface area (TPSA) is 97.1 Å². The average Bonchev–Trinajstić information content (AvgIpc) is 3.09. The number of nitrogens with zero attached hydrogens (tertiary/aromatic N) is 4. The van der Waals surface area contributed by atoms with Gasteiger partial charge in [0.2, 0.25) is 5.95 Å². The van der Waals surface area contributed by atoms with Crippen molar-refractivity contribution in [3.8, 4) is 0 Å². The summed E-state index contributed by atoms with van der Waals surface area (Å²) < 4.78 is 16.9. The molecule has 8 nitrogen and oxygen atoms in total. The number of hydrazone groups is 1. The van der Waals surface area contributed by atoms with Gasteiger partial charge < -0.3 is 0 Å². The van der Waals surface area contributed by atoms with E-state index in [1.165, 1.54) is 30.0 Å². The lowest BCUT2D eigenvalue weighted by Crippen LogP contribution is -2.29. The molecule has 2 aromatic carbocycles. The second-order valence-electron chi connectivity index (χ2n) is 6.94. The molecule has 0 aliphatic carbocycles. The van der Waals surface area contributed by atoms with Crippen molar-refractivity contribution in [3.05, 3.63) is 90.8 Å². The number of H-pyrrole nitrogens is 1. The summed E-state index contributed by atoms with van der Waals surface area (Å²) in [5.41, 5.74) is 4.12. The number of anilines is 1. The molecule has 0 spiro atoms. The second-order valence-corrected chi connectivity index (χ2v) is 7.35. The van der Waals surface area contributed by atoms with Crippen LogP contribution in [0, 0.1) is 12.7 Å². The molecule has 0 aliphatic rings. The van der Waals surface area contributed by atoms with E-state index in [0.717, 1.165) is 11.1 Å². The van der Waals surface area contributed by atoms with Crippen LogP contribution in [0.2, 0.25) is 5.02 Å². The predicted octanol–water partition coefficient (Wildman–Crippen LogP) is 3.02. The second kappa shape index (κ2) is 8.19. The number of benzene rings is 2. The number of fused-ring (bicyclic) bond motifs is 1. The smallest absolute Gasteiger partial charge is 0.298 e. The van der Waals surface area contributed by atoms with E-state index in [1.807, 2.05) is 31.2 Å². The third kappa shape index (κ3) is 3.87. The van der Waals surface area contributed by atoms with Crippen molar-refractivity contribution < 1.29 is 4.39 Å². The Morgan fingerprint density at radius 1 is 1.23 bits per heavy atom. The van der Waals surface area contributed by atoms with Gasteiger partial charge in [0.25, 0.3) is 5.56 Å². The standard InChI is InChI=1S/C21H18ClFN6O2/c1-12-6-3-4-7-13(12)11-29-17-18(28(2)21(31)26-19(17)30)25-20(29)27-24-10-14-15(22)8-5-9-16(14)23/h3-10H,11H2,1-2H3,(H,25,27)(H,26,30,31)/b24-10-. The maximum Gasteiger partial charge on any atom is 0.329 e. The molecule has 10 heteroatoms. The van der Waals surface area contributed by atoms with Crippen molar-refractivity contribution in [2.75, 3.05) is 5.43 Å². The van der Waals surface area contributed by atoms with Gasteiger partial charge >= 0.3 is 5.69 Å². The Balaban J connectivity index is 1.82. The van der Waals surface area contributed by atoms with Crippen molar-refractivity contribution >= 4 is 34.9 Å². The number of hydrogen-bond acceptors (Lipinski definition) is 5. The summed E-state index contributed by atoms with van der Waals surface area (Å²) in [6, 6.07) is 12.0. The largest absolute Gasteiger partial charge is 0.329 e. The number of aryl methyl sites for hydroxylation is 2. The number of hydrogen-bond donors (Lipinski definition) is 2. The maximum atomic E-state index is 14.0. The van der Waals surface area contributed by atoms with Crippen LogP contribution < -0.4 is 16.7 Å². The number of aromatic nitrogens is 4. The van der Waals surface area contributed by atoms with Gasteiger partial charge in [-0.25, -0.2) is 14.6 Å². The Morgan fingerprint density at radius 2 is 2.00 bits per heavy atom. The monoisotopic (exact) mass is 440 g/mol. The molecule has 0 fully saturated rings. The van der Waals surface area contributed by atoms with Crippen molar-refractivity contribution in [1.29, 1.82) is 0 Å². The van der Waals surface area contributed by atoms with Crippen molar-refractivity contribution in [3.63, 3.8) is 0 Å². The molecule has 31 heavy (non-hydrogen) atoms. The van der Waals surface area contributed by atoms with Gasteiger partial charge in [-0.2, -0.15) is 10.1 Å². The molecule has 2 aromatic heterocycles. The lowest BCUT2D eigenvalue weighted by molar-refractivity contribution is 0.626. The minimum absolute atomic E-state index is 0.114. The van der Waals surface area contributed by atoms with E-state index in [4.69, 9.17) is 11.6 Å². The molecule has 158 valence electrons. The summed E-state index contributed by atoms with van der Waals surface area (Å²) in [6.45, 7) is 2.27. The molecule has 0 amide bonds. The molecule has 0 radical (unpaired) electrons. The lowest BCUT2D eigenvalue weighted by atomic mass is 10.1. The molecule has 0 unspecified atom stereocenters. The van der Waals surface area contributed by atoms with Crippen LogP contribution in [0.15, 0.2) is 57.2 Å². The van der Waals surface area contributed by atoms with Crippen LogP contribution in [-0.2, 0) is 13.6 Å². The summed E-state index contributed by atoms with van der Waals surface area (Å²) in [5.74, 6) is -0.307. The lowest BCUT2D eigenvalue weighted by Gasteiger charge is -2.10. The first kappa shape index (κ1) is 20.5. The Bertz CT molecular complexity index is 1420. The zero-order valence-corrected chi connectivity index (χ0v) is 17.4. The van der Waals surface area contributed by atoms with Gasteiger partial charge in [0, 0.05) is 12.6 Å². The number of halogens is 2. The van der Waals surface area contributed by atoms with E-state index >= 15 is 0 Å². The van der Waals surface area contributed by atoms with Crippen LogP contribution in [-0.4, -0.2) is 25.3 Å². The third-order valence-corrected chi connectivity index (χ3v) is 5.28. The number of nitrogens with one attached hydrogen (secondary N) is 2. The highest BCUT2D eigenvalue weighted by Crippen LogP contribution is 2.20. The summed E-state index contributed by atoms with van der Waals surface area (Å²) in [5, 5.41) is 4.26. The number of rotatable bonds is 5. The van der Waals surface area contributed by atoms with Gasteiger partial charge in [-0.05, 0) is 30.2 Å². The summed E-state index contributed by atoms with van der Waals surface area (Å²) in [7, 11) is 1.51. The molecule has 0 saturated heterocycles. The first-order valence-corrected chi connectivity index (χ1v) is 9.71. The number of imidazole rings is 1. The quantitative estimate of drug-likeness (QED) is 0.368. The Kier molecular flexibility index (Phi) is 5.43. The van der Waals surface area contributed by atoms with Crippen molar-refractivity contribution in [2.24, 2.45) is 12.1 Å². The third-order valence-electron chi connectivity index (χ3n) is 4.95. The van der Waals surface area contributed by atoms with E-state index in [9.17, 15) is 14.0 Å². The highest BCUT2D eigenvalue weighted by atomic mass is 35.5. The van der Waals surface area contributed by atoms with E-state index in [1.54, 1.807) is 10.6 Å². The molecule has 0 aliphatic heterocycles. The average molecular weight is 441 g/mol. The van der Waals surface area contributed by atoms with Gasteiger partial charge in [0.05, 0.1) is 17.8 Å². The SMILES string of the molecule is Cc1ccccc1Cn1c(N/N=C\c2c(F)cccc2Cl)nc2c1c(=O)[nH]c(=O)n2C. The molecule has 2 N–H and O–H groups in total. The van der Waals surface area contributed by atoms with Gasteiger partial charge in [0.15, 0.2) is 11.2 Å². The molecule has 0 bridgehead atoms. The van der Waals surface area contributed by atoms with Crippen LogP contribution >= 0.6 is 11.6 Å². The maximum absolute atomic E-state index is 14.0. The summed E-state index contributed by atoms with van der Waals surface area (Å²) >= 11 is 6.03. The molecule has 4 rings (SSSR count). The van der Waals surface area contributed by atoms with Crippen LogP contribution in [0.25, 0.3) is 11.2 Å². The highest BCUT2D eigenvalue weighted by molar-refractivity contribution is 6.33. The number of aromatic amines is 1. The van der Waals surface area contributed by atoms with Crippen LogP contribution in [0.3, 0.4) is 0 Å². The molecule has 0 saturated carbocycles. The first-order valence-electron chi connectivity index (χ1n) is 9.34. The summed E-state index contributed by atoms with van der Waals surface area (Å²) in [6.07, 6.45) is 1.23. The normalized spacial score (nSPS) is 11.5. The van der Waals surface area contributed by atoms with E-state index < -0.39 is 17.1 Å². The fourth-order valence-electron chi connectivity index (χ4n) is 3.22. The Labute approximate surface area is 180 Å². The van der Waals surface area contributed by atoms with Gasteiger partial charge in [-0.1, -0.05) is 41.9 Å². The van der Waals surface area contributed by atoms with Crippen molar-refractivity contribution in [2.45, 2.75) is 13.5 Å². The van der Waals surface area contributed by atoms with Gasteiger partial charge in [0.1, 0.15) is 5.82 Å². The summed E-state index contributed by atoms with van der Waals surface area (Å²) in [4.78, 5) is 31.3. The minimum Gasteiger partial charge on any atom is -0.298 e. The van der Waals surface area contributed by atoms with E-state index in [-0.39, 0.29) is 27.7 Å². The molecule has 2 heterocycles. The van der Waals surface area contributed by atoms with E-state index in [2.05, 4.69) is 20.5 Å². The fourth-order valence-corrected chi connectivity index (χ4v) is 3.43. The molecular formula is C21H18ClFN6O2.